The van der Waals surface area contributed by atoms with Gasteiger partial charge in [-0.15, -0.1) is 0 Å². The third-order valence-electron chi connectivity index (χ3n) is 3.77. The second-order valence-corrected chi connectivity index (χ2v) is 7.13. The highest BCUT2D eigenvalue weighted by molar-refractivity contribution is 9.10. The second-order valence-electron chi connectivity index (χ2n) is 6.22. The number of imidazole rings is 1. The highest BCUT2D eigenvalue weighted by Crippen LogP contribution is 2.26. The lowest BCUT2D eigenvalue weighted by Gasteiger charge is -2.11. The Morgan fingerprint density at radius 1 is 1.17 bits per heavy atom. The van der Waals surface area contributed by atoms with Gasteiger partial charge in [-0.2, -0.15) is 0 Å². The Balaban J connectivity index is 1.99. The molecule has 124 valence electrons. The number of carbonyl (C=O) groups is 1. The summed E-state index contributed by atoms with van der Waals surface area (Å²) in [5.41, 5.74) is 2.85. The van der Waals surface area contributed by atoms with Crippen LogP contribution in [0, 0.1) is 5.92 Å². The molecule has 1 aromatic heterocycles. The summed E-state index contributed by atoms with van der Waals surface area (Å²) in [5, 5.41) is 2.98. The van der Waals surface area contributed by atoms with Crippen LogP contribution in [-0.4, -0.2) is 22.0 Å². The molecule has 0 atom stereocenters. The van der Waals surface area contributed by atoms with Crippen molar-refractivity contribution in [3.8, 4) is 11.4 Å². The molecule has 3 aromatic rings. The van der Waals surface area contributed by atoms with Gasteiger partial charge in [0.1, 0.15) is 12.4 Å². The Hall–Kier alpha value is -2.14. The molecule has 0 aliphatic carbocycles. The molecule has 0 fully saturated rings. The van der Waals surface area contributed by atoms with Gasteiger partial charge in [0.15, 0.2) is 0 Å². The van der Waals surface area contributed by atoms with Gasteiger partial charge < -0.3 is 9.88 Å². The van der Waals surface area contributed by atoms with Gasteiger partial charge in [0.25, 0.3) is 0 Å². The Morgan fingerprint density at radius 2 is 1.88 bits per heavy atom. The third kappa shape index (κ3) is 3.67. The van der Waals surface area contributed by atoms with E-state index in [2.05, 4.69) is 35.1 Å². The first-order valence-corrected chi connectivity index (χ1v) is 8.82. The summed E-state index contributed by atoms with van der Waals surface area (Å²) in [4.78, 5) is 17.1. The maximum Gasteiger partial charge on any atom is 0.240 e. The molecule has 1 heterocycles. The van der Waals surface area contributed by atoms with Gasteiger partial charge in [0, 0.05) is 16.6 Å². The van der Waals surface area contributed by atoms with Gasteiger partial charge in [-0.1, -0.05) is 54.0 Å². The molecule has 2 aromatic carbocycles. The molecule has 1 amide bonds. The molecule has 0 unspecified atom stereocenters. The SMILES string of the molecule is CC(C)CNC(=O)Cn1c(-c2ccc(Br)cc2)nc2ccccc21. The number of hydrogen-bond acceptors (Lipinski definition) is 2. The van der Waals surface area contributed by atoms with E-state index in [9.17, 15) is 4.79 Å². The van der Waals surface area contributed by atoms with Crippen molar-refractivity contribution in [3.05, 3.63) is 53.0 Å². The fourth-order valence-electron chi connectivity index (χ4n) is 2.57. The Bertz CT molecular complexity index is 853. The van der Waals surface area contributed by atoms with Crippen molar-refractivity contribution < 1.29 is 4.79 Å². The van der Waals surface area contributed by atoms with E-state index < -0.39 is 0 Å². The van der Waals surface area contributed by atoms with E-state index in [1.54, 1.807) is 0 Å². The van der Waals surface area contributed by atoms with Crippen molar-refractivity contribution >= 4 is 32.9 Å². The minimum absolute atomic E-state index is 0.00483. The van der Waals surface area contributed by atoms with Gasteiger partial charge in [0.05, 0.1) is 11.0 Å². The highest BCUT2D eigenvalue weighted by atomic mass is 79.9. The molecular weight excluding hydrogens is 366 g/mol. The summed E-state index contributed by atoms with van der Waals surface area (Å²) in [6, 6.07) is 15.9. The van der Waals surface area contributed by atoms with Crippen LogP contribution in [0.15, 0.2) is 53.0 Å². The molecule has 24 heavy (non-hydrogen) atoms. The highest BCUT2D eigenvalue weighted by Gasteiger charge is 2.15. The topological polar surface area (TPSA) is 46.9 Å². The van der Waals surface area contributed by atoms with Crippen LogP contribution in [0.3, 0.4) is 0 Å². The zero-order chi connectivity index (χ0) is 17.1. The molecule has 0 radical (unpaired) electrons. The number of para-hydroxylation sites is 2. The number of hydrogen-bond donors (Lipinski definition) is 1. The molecule has 0 aliphatic heterocycles. The van der Waals surface area contributed by atoms with Crippen LogP contribution >= 0.6 is 15.9 Å². The average Bonchev–Trinajstić information content (AvgIpc) is 2.92. The molecule has 0 saturated heterocycles. The summed E-state index contributed by atoms with van der Waals surface area (Å²) >= 11 is 3.45. The smallest absolute Gasteiger partial charge is 0.240 e. The van der Waals surface area contributed by atoms with Gasteiger partial charge in [-0.05, 0) is 30.2 Å². The first-order chi connectivity index (χ1) is 11.5. The van der Waals surface area contributed by atoms with Crippen molar-refractivity contribution in [2.24, 2.45) is 5.92 Å². The quantitative estimate of drug-likeness (QED) is 0.713. The van der Waals surface area contributed by atoms with E-state index in [1.807, 2.05) is 53.1 Å². The van der Waals surface area contributed by atoms with Crippen molar-refractivity contribution in [2.45, 2.75) is 20.4 Å². The van der Waals surface area contributed by atoms with Crippen LogP contribution in [0.25, 0.3) is 22.4 Å². The zero-order valence-electron chi connectivity index (χ0n) is 13.8. The first kappa shape index (κ1) is 16.7. The summed E-state index contributed by atoms with van der Waals surface area (Å²) in [7, 11) is 0. The molecule has 1 N–H and O–H groups in total. The molecule has 0 aliphatic rings. The standard InChI is InChI=1S/C19H20BrN3O/c1-13(2)11-21-18(24)12-23-17-6-4-3-5-16(17)22-19(23)14-7-9-15(20)10-8-14/h3-10,13H,11-12H2,1-2H3,(H,21,24). The number of nitrogens with zero attached hydrogens (tertiary/aromatic N) is 2. The van der Waals surface area contributed by atoms with Crippen LogP contribution in [0.4, 0.5) is 0 Å². The van der Waals surface area contributed by atoms with Crippen LogP contribution in [-0.2, 0) is 11.3 Å². The summed E-state index contributed by atoms with van der Waals surface area (Å²) in [6.45, 7) is 5.11. The minimum Gasteiger partial charge on any atom is -0.354 e. The number of halogens is 1. The molecular formula is C19H20BrN3O. The van der Waals surface area contributed by atoms with Crippen LogP contribution in [0.2, 0.25) is 0 Å². The first-order valence-electron chi connectivity index (χ1n) is 8.02. The maximum atomic E-state index is 12.3. The average molecular weight is 386 g/mol. The fraction of sp³-hybridized carbons (Fsp3) is 0.263. The number of fused-ring (bicyclic) bond motifs is 1. The number of benzene rings is 2. The van der Waals surface area contributed by atoms with Gasteiger partial charge in [0.2, 0.25) is 5.91 Å². The number of aromatic nitrogens is 2. The Kier molecular flexibility index (Phi) is 5.00. The van der Waals surface area contributed by atoms with Crippen molar-refractivity contribution in [3.63, 3.8) is 0 Å². The molecule has 5 heteroatoms. The summed E-state index contributed by atoms with van der Waals surface area (Å²) in [5.74, 6) is 1.24. The largest absolute Gasteiger partial charge is 0.354 e. The number of carbonyl (C=O) groups excluding carboxylic acids is 1. The lowest BCUT2D eigenvalue weighted by Crippen LogP contribution is -2.30. The summed E-state index contributed by atoms with van der Waals surface area (Å²) < 4.78 is 3.00. The van der Waals surface area contributed by atoms with Crippen LogP contribution in [0.1, 0.15) is 13.8 Å². The van der Waals surface area contributed by atoms with E-state index in [0.29, 0.717) is 12.5 Å². The molecule has 4 nitrogen and oxygen atoms in total. The molecule has 3 rings (SSSR count). The van der Waals surface area contributed by atoms with E-state index in [4.69, 9.17) is 4.98 Å². The predicted octanol–water partition coefficient (Wildman–Crippen LogP) is 4.24. The van der Waals surface area contributed by atoms with Gasteiger partial charge >= 0.3 is 0 Å². The summed E-state index contributed by atoms with van der Waals surface area (Å²) in [6.07, 6.45) is 0. The third-order valence-corrected chi connectivity index (χ3v) is 4.29. The van der Waals surface area contributed by atoms with E-state index in [1.165, 1.54) is 0 Å². The lowest BCUT2D eigenvalue weighted by atomic mass is 10.2. The van der Waals surface area contributed by atoms with Gasteiger partial charge in [-0.25, -0.2) is 4.98 Å². The second kappa shape index (κ2) is 7.18. The van der Waals surface area contributed by atoms with Crippen molar-refractivity contribution in [1.82, 2.24) is 14.9 Å². The minimum atomic E-state index is 0.00483. The van der Waals surface area contributed by atoms with E-state index >= 15 is 0 Å². The lowest BCUT2D eigenvalue weighted by molar-refractivity contribution is -0.121. The monoisotopic (exact) mass is 385 g/mol. The van der Waals surface area contributed by atoms with Crippen molar-refractivity contribution in [2.75, 3.05) is 6.54 Å². The van der Waals surface area contributed by atoms with Crippen molar-refractivity contribution in [1.29, 1.82) is 0 Å². The van der Waals surface area contributed by atoms with Crippen LogP contribution < -0.4 is 5.32 Å². The van der Waals surface area contributed by atoms with Gasteiger partial charge in [-0.3, -0.25) is 4.79 Å². The van der Waals surface area contributed by atoms with E-state index in [0.717, 1.165) is 26.9 Å². The van der Waals surface area contributed by atoms with E-state index in [-0.39, 0.29) is 12.5 Å². The number of amides is 1. The molecule has 0 saturated carbocycles. The maximum absolute atomic E-state index is 12.3. The Morgan fingerprint density at radius 3 is 2.58 bits per heavy atom. The number of rotatable bonds is 5. The van der Waals surface area contributed by atoms with Crippen LogP contribution in [0.5, 0.6) is 0 Å². The Labute approximate surface area is 150 Å². The predicted molar refractivity (Wildman–Crippen MR) is 101 cm³/mol. The molecule has 0 bridgehead atoms. The fourth-order valence-corrected chi connectivity index (χ4v) is 2.84. The molecule has 0 spiro atoms. The number of nitrogens with one attached hydrogen (secondary N) is 1. The normalized spacial score (nSPS) is 11.2. The zero-order valence-corrected chi connectivity index (χ0v) is 15.4.